The second-order valence-electron chi connectivity index (χ2n) is 6.78. The zero-order valence-corrected chi connectivity index (χ0v) is 12.3. The number of rotatable bonds is 4. The molecule has 0 radical (unpaired) electrons. The van der Waals surface area contributed by atoms with Crippen LogP contribution in [0, 0.1) is 17.3 Å². The maximum absolute atomic E-state index is 12.5. The van der Waals surface area contributed by atoms with E-state index in [2.05, 4.69) is 20.8 Å². The molecule has 3 unspecified atom stereocenters. The summed E-state index contributed by atoms with van der Waals surface area (Å²) in [5.41, 5.74) is 5.71. The third-order valence-electron chi connectivity index (χ3n) is 3.73. The molecule has 110 valence electrons. The molecule has 5 heteroatoms. The molecule has 1 heterocycles. The fraction of sp³-hybridized carbons (Fsp3) is 0.857. The van der Waals surface area contributed by atoms with Crippen LogP contribution in [0.4, 0.5) is 0 Å². The Bertz CT molecular complexity index is 349. The summed E-state index contributed by atoms with van der Waals surface area (Å²) in [6, 6.07) is -0.693. The fourth-order valence-electron chi connectivity index (χ4n) is 2.82. The summed E-state index contributed by atoms with van der Waals surface area (Å²) < 4.78 is 0. The van der Waals surface area contributed by atoms with Crippen molar-refractivity contribution >= 4 is 11.9 Å². The molecule has 1 saturated heterocycles. The second-order valence-corrected chi connectivity index (χ2v) is 6.78. The average Bonchev–Trinajstić information content (AvgIpc) is 2.65. The first-order valence-electron chi connectivity index (χ1n) is 6.90. The number of hydrogen-bond acceptors (Lipinski definition) is 3. The number of amides is 1. The van der Waals surface area contributed by atoms with Crippen molar-refractivity contribution in [2.45, 2.75) is 46.6 Å². The number of nitrogens with zero attached hydrogens (tertiary/aromatic N) is 1. The Morgan fingerprint density at radius 3 is 2.42 bits per heavy atom. The van der Waals surface area contributed by atoms with Crippen LogP contribution in [-0.4, -0.2) is 41.0 Å². The normalized spacial score (nSPS) is 25.4. The standard InChI is InChI=1S/C14H26N2O3/c1-9-5-6-16(11(9)13(18)19)12(17)10(8-15)7-14(2,3)4/h9-11H,5-8,15H2,1-4H3,(H,18,19). The smallest absolute Gasteiger partial charge is 0.326 e. The van der Waals surface area contributed by atoms with Crippen molar-refractivity contribution in [3.63, 3.8) is 0 Å². The number of likely N-dealkylation sites (tertiary alicyclic amines) is 1. The summed E-state index contributed by atoms with van der Waals surface area (Å²) >= 11 is 0. The van der Waals surface area contributed by atoms with Crippen LogP contribution < -0.4 is 5.73 Å². The van der Waals surface area contributed by atoms with Crippen molar-refractivity contribution < 1.29 is 14.7 Å². The van der Waals surface area contributed by atoms with Gasteiger partial charge in [0.05, 0.1) is 5.92 Å². The van der Waals surface area contributed by atoms with E-state index in [1.165, 1.54) is 4.90 Å². The Balaban J connectivity index is 2.83. The lowest BCUT2D eigenvalue weighted by Crippen LogP contribution is -2.47. The highest BCUT2D eigenvalue weighted by Crippen LogP contribution is 2.30. The van der Waals surface area contributed by atoms with Gasteiger partial charge in [-0.3, -0.25) is 4.79 Å². The maximum Gasteiger partial charge on any atom is 0.326 e. The lowest BCUT2D eigenvalue weighted by Gasteiger charge is -2.30. The van der Waals surface area contributed by atoms with E-state index in [0.29, 0.717) is 13.0 Å². The SMILES string of the molecule is CC1CCN(C(=O)C(CN)CC(C)(C)C)C1C(=O)O. The molecule has 0 aromatic carbocycles. The van der Waals surface area contributed by atoms with E-state index in [-0.39, 0.29) is 29.7 Å². The molecule has 0 aliphatic carbocycles. The van der Waals surface area contributed by atoms with Gasteiger partial charge in [-0.25, -0.2) is 4.79 Å². The van der Waals surface area contributed by atoms with Gasteiger partial charge < -0.3 is 15.7 Å². The number of nitrogens with two attached hydrogens (primary N) is 1. The van der Waals surface area contributed by atoms with E-state index < -0.39 is 12.0 Å². The molecule has 1 amide bonds. The van der Waals surface area contributed by atoms with Gasteiger partial charge in [-0.2, -0.15) is 0 Å². The van der Waals surface area contributed by atoms with Gasteiger partial charge in [-0.05, 0) is 24.2 Å². The van der Waals surface area contributed by atoms with Crippen LogP contribution in [0.1, 0.15) is 40.5 Å². The van der Waals surface area contributed by atoms with Crippen LogP contribution >= 0.6 is 0 Å². The van der Waals surface area contributed by atoms with Crippen molar-refractivity contribution in [3.05, 3.63) is 0 Å². The summed E-state index contributed by atoms with van der Waals surface area (Å²) in [5.74, 6) is -1.29. The minimum Gasteiger partial charge on any atom is -0.480 e. The molecular formula is C14H26N2O3. The number of carbonyl (C=O) groups excluding carboxylic acids is 1. The fourth-order valence-corrected chi connectivity index (χ4v) is 2.82. The van der Waals surface area contributed by atoms with E-state index in [9.17, 15) is 14.7 Å². The number of hydrogen-bond donors (Lipinski definition) is 2. The second kappa shape index (κ2) is 5.90. The lowest BCUT2D eigenvalue weighted by atomic mass is 9.84. The van der Waals surface area contributed by atoms with E-state index in [0.717, 1.165) is 6.42 Å². The van der Waals surface area contributed by atoms with Crippen molar-refractivity contribution in [1.82, 2.24) is 4.90 Å². The Morgan fingerprint density at radius 1 is 1.42 bits per heavy atom. The molecule has 0 spiro atoms. The first kappa shape index (κ1) is 16.0. The monoisotopic (exact) mass is 270 g/mol. The molecule has 19 heavy (non-hydrogen) atoms. The predicted molar refractivity (Wildman–Crippen MR) is 73.5 cm³/mol. The van der Waals surface area contributed by atoms with Crippen LogP contribution in [0.2, 0.25) is 0 Å². The maximum atomic E-state index is 12.5. The van der Waals surface area contributed by atoms with Gasteiger partial charge in [-0.15, -0.1) is 0 Å². The van der Waals surface area contributed by atoms with Gasteiger partial charge in [0.2, 0.25) is 5.91 Å². The van der Waals surface area contributed by atoms with Gasteiger partial charge >= 0.3 is 5.97 Å². The average molecular weight is 270 g/mol. The highest BCUT2D eigenvalue weighted by atomic mass is 16.4. The van der Waals surface area contributed by atoms with Crippen molar-refractivity contribution in [3.8, 4) is 0 Å². The third-order valence-corrected chi connectivity index (χ3v) is 3.73. The Kier molecular flexibility index (Phi) is 4.96. The molecule has 1 aliphatic heterocycles. The zero-order chi connectivity index (χ0) is 14.8. The highest BCUT2D eigenvalue weighted by Gasteiger charge is 2.41. The quantitative estimate of drug-likeness (QED) is 0.807. The predicted octanol–water partition coefficient (Wildman–Crippen LogP) is 1.32. The Labute approximate surface area is 115 Å². The number of aliphatic carboxylic acids is 1. The van der Waals surface area contributed by atoms with Gasteiger partial charge in [0, 0.05) is 13.1 Å². The molecule has 1 aliphatic rings. The Hall–Kier alpha value is -1.10. The van der Waals surface area contributed by atoms with Crippen LogP contribution in [-0.2, 0) is 9.59 Å². The minimum absolute atomic E-state index is 0.00373. The topological polar surface area (TPSA) is 83.6 Å². The molecule has 3 atom stereocenters. The third kappa shape index (κ3) is 3.93. The van der Waals surface area contributed by atoms with Crippen molar-refractivity contribution in [2.75, 3.05) is 13.1 Å². The van der Waals surface area contributed by atoms with E-state index in [1.807, 2.05) is 6.92 Å². The lowest BCUT2D eigenvalue weighted by molar-refractivity contribution is -0.151. The van der Waals surface area contributed by atoms with Gasteiger partial charge in [0.15, 0.2) is 0 Å². The number of carbonyl (C=O) groups is 2. The zero-order valence-electron chi connectivity index (χ0n) is 12.3. The Morgan fingerprint density at radius 2 is 2.00 bits per heavy atom. The van der Waals surface area contributed by atoms with Crippen LogP contribution in [0.15, 0.2) is 0 Å². The highest BCUT2D eigenvalue weighted by molar-refractivity contribution is 5.86. The molecule has 0 saturated carbocycles. The first-order valence-corrected chi connectivity index (χ1v) is 6.90. The van der Waals surface area contributed by atoms with Gasteiger partial charge in [-0.1, -0.05) is 27.7 Å². The molecule has 5 nitrogen and oxygen atoms in total. The summed E-state index contributed by atoms with van der Waals surface area (Å²) in [6.45, 7) is 8.86. The summed E-state index contributed by atoms with van der Waals surface area (Å²) in [5, 5.41) is 9.26. The summed E-state index contributed by atoms with van der Waals surface area (Å²) in [6.07, 6.45) is 1.43. The van der Waals surface area contributed by atoms with E-state index in [1.54, 1.807) is 0 Å². The van der Waals surface area contributed by atoms with Crippen LogP contribution in [0.5, 0.6) is 0 Å². The number of carboxylic acids is 1. The molecular weight excluding hydrogens is 244 g/mol. The molecule has 0 bridgehead atoms. The molecule has 0 aromatic rings. The van der Waals surface area contributed by atoms with Crippen molar-refractivity contribution in [2.24, 2.45) is 23.0 Å². The largest absolute Gasteiger partial charge is 0.480 e. The number of carboxylic acid groups (broad SMARTS) is 1. The first-order chi connectivity index (χ1) is 8.67. The molecule has 0 aromatic heterocycles. The van der Waals surface area contributed by atoms with Gasteiger partial charge in [0.25, 0.3) is 0 Å². The van der Waals surface area contributed by atoms with Crippen LogP contribution in [0.3, 0.4) is 0 Å². The summed E-state index contributed by atoms with van der Waals surface area (Å²) in [7, 11) is 0. The van der Waals surface area contributed by atoms with E-state index in [4.69, 9.17) is 5.73 Å². The molecule has 1 rings (SSSR count). The van der Waals surface area contributed by atoms with Crippen LogP contribution in [0.25, 0.3) is 0 Å². The minimum atomic E-state index is -0.912. The van der Waals surface area contributed by atoms with Gasteiger partial charge in [0.1, 0.15) is 6.04 Å². The van der Waals surface area contributed by atoms with E-state index >= 15 is 0 Å². The van der Waals surface area contributed by atoms with Crippen molar-refractivity contribution in [1.29, 1.82) is 0 Å². The molecule has 3 N–H and O–H groups in total. The molecule has 1 fully saturated rings. The summed E-state index contributed by atoms with van der Waals surface area (Å²) in [4.78, 5) is 25.3.